The van der Waals surface area contributed by atoms with Crippen molar-refractivity contribution in [3.63, 3.8) is 0 Å². The first-order chi connectivity index (χ1) is 17.8. The van der Waals surface area contributed by atoms with Gasteiger partial charge < -0.3 is 25.2 Å². The quantitative estimate of drug-likeness (QED) is 0.318. The van der Waals surface area contributed by atoms with E-state index in [9.17, 15) is 14.7 Å². The summed E-state index contributed by atoms with van der Waals surface area (Å²) in [6, 6.07) is 9.07. The summed E-state index contributed by atoms with van der Waals surface area (Å²) in [5.41, 5.74) is 1.51. The highest BCUT2D eigenvalue weighted by Crippen LogP contribution is 2.19. The lowest BCUT2D eigenvalue weighted by Crippen LogP contribution is -2.45. The van der Waals surface area contributed by atoms with Crippen molar-refractivity contribution in [2.45, 2.75) is 18.9 Å². The fraction of sp³-hybridized carbons (Fsp3) is 0.292. The maximum atomic E-state index is 12.3. The molecule has 12 nitrogen and oxygen atoms in total. The highest BCUT2D eigenvalue weighted by atomic mass is 35.5. The molecule has 0 atom stereocenters. The molecule has 0 bridgehead atoms. The van der Waals surface area contributed by atoms with E-state index in [2.05, 4.69) is 20.4 Å². The molecule has 4 heterocycles. The molecule has 0 spiro atoms. The molecular formula is C24H26ClN9O3. The normalized spacial score (nSPS) is 15.5. The van der Waals surface area contributed by atoms with Gasteiger partial charge in [-0.05, 0) is 37.1 Å². The molecule has 4 N–H and O–H groups in total. The van der Waals surface area contributed by atoms with Crippen LogP contribution in [-0.4, -0.2) is 78.7 Å². The van der Waals surface area contributed by atoms with Gasteiger partial charge in [0.1, 0.15) is 11.5 Å². The first kappa shape index (κ1) is 24.4. The third-order valence-corrected chi connectivity index (χ3v) is 6.28. The van der Waals surface area contributed by atoms with Crippen LogP contribution in [0.4, 0.5) is 16.3 Å². The van der Waals surface area contributed by atoms with Gasteiger partial charge in [-0.1, -0.05) is 17.7 Å². The molecule has 0 saturated carbocycles. The Balaban J connectivity index is 1.56. The summed E-state index contributed by atoms with van der Waals surface area (Å²) in [5.74, 6) is 0.247. The molecule has 37 heavy (non-hydrogen) atoms. The zero-order valence-electron chi connectivity index (χ0n) is 20.3. The lowest BCUT2D eigenvalue weighted by molar-refractivity contribution is 0.156. The number of anilines is 2. The summed E-state index contributed by atoms with van der Waals surface area (Å²) in [5, 5.41) is 18.9. The van der Waals surface area contributed by atoms with Gasteiger partial charge in [0.25, 0.3) is 0 Å². The van der Waals surface area contributed by atoms with E-state index in [1.165, 1.54) is 0 Å². The van der Waals surface area contributed by atoms with Crippen LogP contribution in [-0.2, 0) is 0 Å². The zero-order chi connectivity index (χ0) is 26.1. The van der Waals surface area contributed by atoms with E-state index in [0.29, 0.717) is 40.3 Å². The molecule has 1 aliphatic heterocycles. The van der Waals surface area contributed by atoms with Gasteiger partial charge in [-0.15, -0.1) is 0 Å². The Morgan fingerprint density at radius 2 is 2.05 bits per heavy atom. The van der Waals surface area contributed by atoms with E-state index in [1.54, 1.807) is 54.0 Å². The lowest BCUT2D eigenvalue weighted by atomic mass is 10.1. The summed E-state index contributed by atoms with van der Waals surface area (Å²) in [6.07, 6.45) is 4.62. The number of carbonyl (C=O) groups is 1. The van der Waals surface area contributed by atoms with Crippen molar-refractivity contribution in [3.8, 4) is 5.88 Å². The second-order valence-electron chi connectivity index (χ2n) is 8.98. The number of carbonyl (C=O) groups excluding carboxylic acids is 1. The molecule has 1 aliphatic rings. The number of nitrogens with zero attached hydrogens (tertiary/aromatic N) is 6. The second kappa shape index (κ2) is 9.97. The van der Waals surface area contributed by atoms with Crippen LogP contribution in [0.3, 0.4) is 0 Å². The highest BCUT2D eigenvalue weighted by molar-refractivity contribution is 6.30. The molecule has 1 saturated heterocycles. The number of imidazole rings is 1. The van der Waals surface area contributed by atoms with Crippen molar-refractivity contribution < 1.29 is 9.90 Å². The molecule has 0 unspecified atom stereocenters. The Bertz CT molecular complexity index is 1630. The number of benzene rings is 1. The average molecular weight is 524 g/mol. The maximum Gasteiger partial charge on any atom is 0.326 e. The molecule has 1 fully saturated rings. The predicted molar refractivity (Wildman–Crippen MR) is 139 cm³/mol. The van der Waals surface area contributed by atoms with Crippen molar-refractivity contribution in [1.29, 1.82) is 0 Å². The molecule has 0 radical (unpaired) electrons. The largest absolute Gasteiger partial charge is 0.493 e. The summed E-state index contributed by atoms with van der Waals surface area (Å²) < 4.78 is 1.62. The lowest BCUT2D eigenvalue weighted by Gasteiger charge is -2.32. The number of fused-ring (bicyclic) bond motifs is 1. The Morgan fingerprint density at radius 1 is 1.27 bits per heavy atom. The summed E-state index contributed by atoms with van der Waals surface area (Å²) in [4.78, 5) is 41.8. The third kappa shape index (κ3) is 5.28. The molecule has 0 aliphatic carbocycles. The van der Waals surface area contributed by atoms with Crippen LogP contribution in [0.15, 0.2) is 46.3 Å². The minimum Gasteiger partial charge on any atom is -0.493 e. The topological polar surface area (TPSA) is 147 Å². The number of halogens is 1. The van der Waals surface area contributed by atoms with Crippen molar-refractivity contribution in [1.82, 2.24) is 34.4 Å². The van der Waals surface area contributed by atoms with Crippen LogP contribution in [0, 0.1) is 0 Å². The van der Waals surface area contributed by atoms with Crippen LogP contribution in [0.1, 0.15) is 18.5 Å². The van der Waals surface area contributed by atoms with Gasteiger partial charge in [0.15, 0.2) is 11.1 Å². The third-order valence-electron chi connectivity index (χ3n) is 6.04. The van der Waals surface area contributed by atoms with E-state index in [-0.39, 0.29) is 23.6 Å². The molecule has 5 rings (SSSR count). The molecule has 2 amide bonds. The van der Waals surface area contributed by atoms with E-state index >= 15 is 0 Å². The number of H-pyrrole nitrogens is 2. The number of hydrogen-bond donors (Lipinski definition) is 4. The van der Waals surface area contributed by atoms with Gasteiger partial charge >= 0.3 is 11.7 Å². The van der Waals surface area contributed by atoms with Gasteiger partial charge in [-0.2, -0.15) is 9.61 Å². The monoisotopic (exact) mass is 523 g/mol. The number of likely N-dealkylation sites (tertiary alicyclic amines) is 1. The first-order valence-corrected chi connectivity index (χ1v) is 12.1. The Hall–Kier alpha value is -4.32. The minimum absolute atomic E-state index is 0.00228. The van der Waals surface area contributed by atoms with Crippen molar-refractivity contribution in [2.24, 2.45) is 4.99 Å². The van der Waals surface area contributed by atoms with E-state index in [0.717, 1.165) is 18.5 Å². The average Bonchev–Trinajstić information content (AvgIpc) is 3.41. The van der Waals surface area contributed by atoms with Crippen LogP contribution in [0.2, 0.25) is 5.02 Å². The molecule has 1 aromatic carbocycles. The Labute approximate surface area is 215 Å². The van der Waals surface area contributed by atoms with Crippen molar-refractivity contribution >= 4 is 40.9 Å². The number of hydrogen-bond acceptors (Lipinski definition) is 7. The second-order valence-corrected chi connectivity index (χ2v) is 9.42. The van der Waals surface area contributed by atoms with Gasteiger partial charge in [0, 0.05) is 49.2 Å². The number of rotatable bonds is 4. The van der Waals surface area contributed by atoms with E-state index < -0.39 is 5.69 Å². The van der Waals surface area contributed by atoms with Crippen molar-refractivity contribution in [2.75, 3.05) is 32.5 Å². The number of aromatic hydroxyl groups is 1. The molecule has 192 valence electrons. The zero-order valence-corrected chi connectivity index (χ0v) is 21.0. The Kier molecular flexibility index (Phi) is 6.57. The molecular weight excluding hydrogens is 498 g/mol. The number of aromatic amines is 2. The number of piperidine rings is 1. The fourth-order valence-electron chi connectivity index (χ4n) is 4.24. The maximum absolute atomic E-state index is 12.3. The number of nitrogens with one attached hydrogen (secondary N) is 3. The predicted octanol–water partition coefficient (Wildman–Crippen LogP) is 1.44. The summed E-state index contributed by atoms with van der Waals surface area (Å²) in [7, 11) is 3.49. The molecule has 3 aromatic heterocycles. The van der Waals surface area contributed by atoms with E-state index in [4.69, 9.17) is 21.6 Å². The van der Waals surface area contributed by atoms with Gasteiger partial charge in [-0.3, -0.25) is 9.98 Å². The smallest absolute Gasteiger partial charge is 0.326 e. The number of amides is 2. The van der Waals surface area contributed by atoms with Gasteiger partial charge in [-0.25, -0.2) is 14.6 Å². The SMILES string of the molecule is CN(C)C(=O)N1CCC(N=c2cc(Nc3cccc(Cl)c3)nc3c(=Cc4[nH]c(=O)[nH]c4O)cnn23)CC1. The summed E-state index contributed by atoms with van der Waals surface area (Å²) in [6.45, 7) is 1.23. The van der Waals surface area contributed by atoms with Gasteiger partial charge in [0.05, 0.1) is 12.2 Å². The van der Waals surface area contributed by atoms with E-state index in [1.807, 2.05) is 17.0 Å². The molecule has 4 aromatic rings. The Morgan fingerprint density at radius 3 is 2.73 bits per heavy atom. The standard InChI is InChI=1S/C24H26ClN9O3/c1-32(2)24(37)33-8-6-16(7-9-33)28-20-12-19(27-17-5-3-4-15(25)11-17)30-21-14(13-26-34(20)21)10-18-22(35)31-23(36)29-18/h3-5,10-13,16,27,35H,6-9H2,1-2H3,(H2,29,31,36). The number of aromatic nitrogens is 5. The number of urea groups is 1. The van der Waals surface area contributed by atoms with Crippen LogP contribution in [0.25, 0.3) is 11.7 Å². The van der Waals surface area contributed by atoms with Crippen molar-refractivity contribution in [3.05, 3.63) is 68.4 Å². The highest BCUT2D eigenvalue weighted by Gasteiger charge is 2.23. The van der Waals surface area contributed by atoms with Crippen LogP contribution >= 0.6 is 11.6 Å². The van der Waals surface area contributed by atoms with Crippen LogP contribution in [0.5, 0.6) is 5.88 Å². The minimum atomic E-state index is -0.522. The van der Waals surface area contributed by atoms with Gasteiger partial charge in [0.2, 0.25) is 5.88 Å². The summed E-state index contributed by atoms with van der Waals surface area (Å²) >= 11 is 6.15. The van der Waals surface area contributed by atoms with Crippen LogP contribution < -0.4 is 21.7 Å². The fourth-order valence-corrected chi connectivity index (χ4v) is 4.43. The molecule has 13 heteroatoms. The first-order valence-electron chi connectivity index (χ1n) is 11.7.